The third kappa shape index (κ3) is 5.83. The number of rotatable bonds is 5. The molecule has 2 aromatic rings. The molecule has 0 saturated carbocycles. The maximum Gasteiger partial charge on any atom is 0.251 e. The van der Waals surface area contributed by atoms with Crippen molar-refractivity contribution in [2.75, 3.05) is 19.6 Å². The van der Waals surface area contributed by atoms with Gasteiger partial charge in [0.25, 0.3) is 5.91 Å². The predicted octanol–water partition coefficient (Wildman–Crippen LogP) is 3.48. The summed E-state index contributed by atoms with van der Waals surface area (Å²) in [4.78, 5) is 26.7. The van der Waals surface area contributed by atoms with Crippen molar-refractivity contribution in [2.45, 2.75) is 44.6 Å². The third-order valence-corrected chi connectivity index (χ3v) is 5.58. The molecule has 3 N–H and O–H groups in total. The first-order chi connectivity index (χ1) is 13.8. The van der Waals surface area contributed by atoms with Gasteiger partial charge in [0.05, 0.1) is 0 Å². The molecule has 6 heteroatoms. The van der Waals surface area contributed by atoms with Crippen LogP contribution in [-0.4, -0.2) is 42.4 Å². The van der Waals surface area contributed by atoms with E-state index in [0.29, 0.717) is 25.2 Å². The summed E-state index contributed by atoms with van der Waals surface area (Å²) < 4.78 is 0. The molecule has 2 aromatic carbocycles. The molecule has 1 aliphatic heterocycles. The van der Waals surface area contributed by atoms with Crippen molar-refractivity contribution in [3.8, 4) is 0 Å². The van der Waals surface area contributed by atoms with Crippen LogP contribution >= 0.6 is 12.4 Å². The molecule has 0 aromatic heterocycles. The molecule has 162 valence electrons. The fraction of sp³-hybridized carbons (Fsp3) is 0.417. The minimum atomic E-state index is -0.154. The number of hydrogen-bond acceptors (Lipinski definition) is 3. The number of carbonyl (C=O) groups is 2. The first-order valence-corrected chi connectivity index (χ1v) is 10.2. The molecule has 1 fully saturated rings. The Morgan fingerprint density at radius 3 is 2.27 bits per heavy atom. The average Bonchev–Trinajstić information content (AvgIpc) is 3.10. The van der Waals surface area contributed by atoms with Gasteiger partial charge in [-0.1, -0.05) is 63.2 Å². The zero-order chi connectivity index (χ0) is 21.0. The smallest absolute Gasteiger partial charge is 0.251 e. The second-order valence-electron chi connectivity index (χ2n) is 8.81. The highest BCUT2D eigenvalue weighted by Crippen LogP contribution is 2.26. The Morgan fingerprint density at radius 2 is 1.67 bits per heavy atom. The Bertz CT molecular complexity index is 847. The summed E-state index contributed by atoms with van der Waals surface area (Å²) in [5.41, 5.74) is 9.28. The van der Waals surface area contributed by atoms with Crippen LogP contribution < -0.4 is 11.1 Å². The minimum Gasteiger partial charge on any atom is -0.352 e. The number of likely N-dealkylation sites (tertiary alicyclic amines) is 1. The van der Waals surface area contributed by atoms with Crippen LogP contribution in [0.4, 0.5) is 0 Å². The van der Waals surface area contributed by atoms with Crippen molar-refractivity contribution in [3.63, 3.8) is 0 Å². The summed E-state index contributed by atoms with van der Waals surface area (Å²) in [7, 11) is 0. The van der Waals surface area contributed by atoms with Crippen molar-refractivity contribution < 1.29 is 9.59 Å². The molecule has 2 amide bonds. The fourth-order valence-electron chi connectivity index (χ4n) is 3.75. The van der Waals surface area contributed by atoms with E-state index in [1.54, 1.807) is 0 Å². The topological polar surface area (TPSA) is 75.4 Å². The molecule has 1 saturated heterocycles. The van der Waals surface area contributed by atoms with Gasteiger partial charge in [0.15, 0.2) is 0 Å². The molecular formula is C24H32ClN3O2. The number of amides is 2. The quantitative estimate of drug-likeness (QED) is 0.763. The van der Waals surface area contributed by atoms with E-state index in [2.05, 4.69) is 38.2 Å². The Balaban J connectivity index is 0.00000320. The number of benzene rings is 2. The molecule has 0 aliphatic carbocycles. The monoisotopic (exact) mass is 429 g/mol. The van der Waals surface area contributed by atoms with E-state index < -0.39 is 0 Å². The molecule has 30 heavy (non-hydrogen) atoms. The Hall–Kier alpha value is -2.37. The Morgan fingerprint density at radius 1 is 1.03 bits per heavy atom. The first-order valence-electron chi connectivity index (χ1n) is 10.2. The van der Waals surface area contributed by atoms with Crippen LogP contribution in [0.3, 0.4) is 0 Å². The van der Waals surface area contributed by atoms with Gasteiger partial charge in [-0.25, -0.2) is 0 Å². The second kappa shape index (κ2) is 10.1. The molecule has 2 atom stereocenters. The highest BCUT2D eigenvalue weighted by molar-refractivity contribution is 5.94. The maximum atomic E-state index is 12.6. The molecular weight excluding hydrogens is 398 g/mol. The largest absolute Gasteiger partial charge is 0.352 e. The van der Waals surface area contributed by atoms with Gasteiger partial charge < -0.3 is 16.0 Å². The van der Waals surface area contributed by atoms with Crippen LogP contribution in [-0.2, 0) is 10.2 Å². The summed E-state index contributed by atoms with van der Waals surface area (Å²) in [5.74, 6) is 0.0388. The second-order valence-corrected chi connectivity index (χ2v) is 8.81. The molecule has 1 heterocycles. The van der Waals surface area contributed by atoms with Crippen LogP contribution in [0.2, 0.25) is 0 Å². The minimum absolute atomic E-state index is 0. The third-order valence-electron chi connectivity index (χ3n) is 5.58. The summed E-state index contributed by atoms with van der Waals surface area (Å²) in [6.45, 7) is 7.92. The number of nitrogens with two attached hydrogens (primary N) is 1. The van der Waals surface area contributed by atoms with E-state index in [0.717, 1.165) is 0 Å². The zero-order valence-corrected chi connectivity index (χ0v) is 18.7. The van der Waals surface area contributed by atoms with Gasteiger partial charge in [-0.2, -0.15) is 0 Å². The van der Waals surface area contributed by atoms with Crippen LogP contribution in [0.25, 0.3) is 0 Å². The zero-order valence-electron chi connectivity index (χ0n) is 17.9. The summed E-state index contributed by atoms with van der Waals surface area (Å²) in [6, 6.07) is 17.7. The lowest BCUT2D eigenvalue weighted by atomic mass is 9.87. The van der Waals surface area contributed by atoms with Crippen molar-refractivity contribution in [2.24, 2.45) is 5.73 Å². The summed E-state index contributed by atoms with van der Waals surface area (Å²) in [5, 5.41) is 2.85. The predicted molar refractivity (Wildman–Crippen MR) is 123 cm³/mol. The maximum absolute atomic E-state index is 12.6. The average molecular weight is 430 g/mol. The van der Waals surface area contributed by atoms with Crippen molar-refractivity contribution >= 4 is 24.2 Å². The van der Waals surface area contributed by atoms with E-state index in [1.807, 2.05) is 47.4 Å². The highest BCUT2D eigenvalue weighted by Gasteiger charge is 2.33. The molecule has 0 bridgehead atoms. The molecule has 3 rings (SSSR count). The SMILES string of the molecule is CC(C)(C)c1ccc(C(=O)NCCC(=O)N2C[C@@H](N)[C@H](c3ccccc3)C2)cc1.Cl. The van der Waals surface area contributed by atoms with Gasteiger partial charge in [-0.3, -0.25) is 9.59 Å². The Kier molecular flexibility index (Phi) is 8.04. The molecule has 0 unspecified atom stereocenters. The van der Waals surface area contributed by atoms with Crippen LogP contribution in [0.15, 0.2) is 54.6 Å². The van der Waals surface area contributed by atoms with Crippen LogP contribution in [0, 0.1) is 0 Å². The number of halogens is 1. The number of nitrogens with one attached hydrogen (secondary N) is 1. The van der Waals surface area contributed by atoms with E-state index in [1.165, 1.54) is 11.1 Å². The van der Waals surface area contributed by atoms with Crippen molar-refractivity contribution in [1.29, 1.82) is 0 Å². The fourth-order valence-corrected chi connectivity index (χ4v) is 3.75. The van der Waals surface area contributed by atoms with Gasteiger partial charge >= 0.3 is 0 Å². The first kappa shape index (κ1) is 23.9. The van der Waals surface area contributed by atoms with Crippen LogP contribution in [0.1, 0.15) is 54.6 Å². The highest BCUT2D eigenvalue weighted by atomic mass is 35.5. The van der Waals surface area contributed by atoms with Crippen LogP contribution in [0.5, 0.6) is 0 Å². The summed E-state index contributed by atoms with van der Waals surface area (Å²) >= 11 is 0. The molecule has 0 spiro atoms. The van der Waals surface area contributed by atoms with E-state index in [-0.39, 0.29) is 48.0 Å². The van der Waals surface area contributed by atoms with Gasteiger partial charge in [0, 0.05) is 43.6 Å². The standard InChI is InChI=1S/C24H31N3O2.ClH/c1-24(2,3)19-11-9-18(10-12-19)23(29)26-14-13-22(28)27-15-20(21(25)16-27)17-7-5-4-6-8-17;/h4-12,20-21H,13-16,25H2,1-3H3,(H,26,29);1H/t20-,21+;/m0./s1. The lowest BCUT2D eigenvalue weighted by Crippen LogP contribution is -2.35. The number of nitrogens with zero attached hydrogens (tertiary/aromatic N) is 1. The lowest BCUT2D eigenvalue weighted by molar-refractivity contribution is -0.130. The van der Waals surface area contributed by atoms with E-state index in [9.17, 15) is 9.59 Å². The molecule has 5 nitrogen and oxygen atoms in total. The number of carbonyl (C=O) groups excluding carboxylic acids is 2. The van der Waals surface area contributed by atoms with Gasteiger partial charge in [0.1, 0.15) is 0 Å². The normalized spacial score (nSPS) is 18.6. The molecule has 1 aliphatic rings. The lowest BCUT2D eigenvalue weighted by Gasteiger charge is -2.19. The van der Waals surface area contributed by atoms with Gasteiger partial charge in [-0.05, 0) is 28.7 Å². The van der Waals surface area contributed by atoms with Gasteiger partial charge in [0.2, 0.25) is 5.91 Å². The van der Waals surface area contributed by atoms with Gasteiger partial charge in [-0.15, -0.1) is 12.4 Å². The van der Waals surface area contributed by atoms with Crippen molar-refractivity contribution in [1.82, 2.24) is 10.2 Å². The number of hydrogen-bond donors (Lipinski definition) is 2. The van der Waals surface area contributed by atoms with E-state index in [4.69, 9.17) is 5.73 Å². The van der Waals surface area contributed by atoms with Crippen molar-refractivity contribution in [3.05, 3.63) is 71.3 Å². The van der Waals surface area contributed by atoms with E-state index >= 15 is 0 Å². The Labute approximate surface area is 185 Å². The summed E-state index contributed by atoms with van der Waals surface area (Å²) in [6.07, 6.45) is 0.278. The molecule has 0 radical (unpaired) electrons.